The fourth-order valence-corrected chi connectivity index (χ4v) is 10.6. The number of fused-ring (bicyclic) bond motifs is 5. The monoisotopic (exact) mass is 516 g/mol. The number of nitrogens with zero attached hydrogens (tertiary/aromatic N) is 1. The third-order valence-corrected chi connectivity index (χ3v) is 12.8. The molecule has 0 aromatic rings. The minimum atomic E-state index is -0.135. The molecule has 5 heteroatoms. The molecule has 0 amide bonds. The predicted octanol–water partition coefficient (Wildman–Crippen LogP) is 5.65. The molecule has 4 saturated carbocycles. The third-order valence-electron chi connectivity index (χ3n) is 12.8. The molecule has 5 aliphatic rings. The van der Waals surface area contributed by atoms with Gasteiger partial charge < -0.3 is 20.1 Å². The Labute approximate surface area is 226 Å². The minimum Gasteiger partial charge on any atom is -0.469 e. The highest BCUT2D eigenvalue weighted by molar-refractivity contribution is 5.69. The molecule has 1 heterocycles. The lowest BCUT2D eigenvalue weighted by molar-refractivity contribution is -0.167. The highest BCUT2D eigenvalue weighted by atomic mass is 16.5. The van der Waals surface area contributed by atoms with Crippen LogP contribution >= 0.6 is 0 Å². The molecular weight excluding hydrogens is 460 g/mol. The zero-order valence-electron chi connectivity index (χ0n) is 24.4. The van der Waals surface area contributed by atoms with Crippen molar-refractivity contribution in [1.29, 1.82) is 0 Å². The van der Waals surface area contributed by atoms with Crippen LogP contribution in [0, 0.1) is 46.3 Å². The molecule has 2 N–H and O–H groups in total. The maximum Gasteiger partial charge on any atom is 0.305 e. The molecule has 0 bridgehead atoms. The van der Waals surface area contributed by atoms with Gasteiger partial charge in [0.2, 0.25) is 0 Å². The van der Waals surface area contributed by atoms with Gasteiger partial charge in [-0.2, -0.15) is 0 Å². The van der Waals surface area contributed by atoms with E-state index < -0.39 is 0 Å². The second kappa shape index (κ2) is 11.5. The maximum atomic E-state index is 11.8. The average Bonchev–Trinajstić information content (AvgIpc) is 3.25. The molecule has 3 unspecified atom stereocenters. The van der Waals surface area contributed by atoms with Crippen LogP contribution in [0.15, 0.2) is 0 Å². The Bertz CT molecular complexity index is 784. The molecule has 0 aromatic heterocycles. The number of piperidine rings is 1. The van der Waals surface area contributed by atoms with Crippen LogP contribution in [0.5, 0.6) is 0 Å². The Morgan fingerprint density at radius 2 is 1.76 bits per heavy atom. The Hall–Kier alpha value is -0.650. The summed E-state index contributed by atoms with van der Waals surface area (Å²) in [5, 5.41) is 15.6. The summed E-state index contributed by atoms with van der Waals surface area (Å²) in [4.78, 5) is 14.4. The first-order valence-corrected chi connectivity index (χ1v) is 16.0. The molecule has 4 aliphatic carbocycles. The summed E-state index contributed by atoms with van der Waals surface area (Å²) in [5.41, 5.74) is 0.707. The van der Waals surface area contributed by atoms with Crippen molar-refractivity contribution < 1.29 is 14.6 Å². The molecule has 0 aromatic carbocycles. The van der Waals surface area contributed by atoms with E-state index in [1.54, 1.807) is 0 Å². The van der Waals surface area contributed by atoms with E-state index in [4.69, 9.17) is 4.74 Å². The quantitative estimate of drug-likeness (QED) is 0.408. The smallest absolute Gasteiger partial charge is 0.305 e. The molecular formula is C32H56N2O3. The summed E-state index contributed by atoms with van der Waals surface area (Å²) in [5.74, 6) is 3.59. The topological polar surface area (TPSA) is 61.8 Å². The van der Waals surface area contributed by atoms with Gasteiger partial charge in [0.1, 0.15) is 0 Å². The minimum absolute atomic E-state index is 0.0754. The van der Waals surface area contributed by atoms with Gasteiger partial charge in [0, 0.05) is 25.6 Å². The SMILES string of the molecule is COC(=O)CC[C@@H](C)[C@H]1CCC2C3C(CC[C@@]21C)[C@@]1(C)CC[C@H](NCCN2CCCCC2)C[C@@H]1C[C@H]3O. The van der Waals surface area contributed by atoms with Crippen LogP contribution in [0.2, 0.25) is 0 Å². The Morgan fingerprint density at radius 1 is 1.03 bits per heavy atom. The number of hydrogen-bond acceptors (Lipinski definition) is 5. The Kier molecular flexibility index (Phi) is 8.64. The second-order valence-corrected chi connectivity index (χ2v) is 14.4. The van der Waals surface area contributed by atoms with Gasteiger partial charge in [-0.3, -0.25) is 4.79 Å². The lowest BCUT2D eigenvalue weighted by Gasteiger charge is -2.62. The average molecular weight is 517 g/mol. The summed E-state index contributed by atoms with van der Waals surface area (Å²) in [6, 6.07) is 0.631. The van der Waals surface area contributed by atoms with Gasteiger partial charge >= 0.3 is 5.97 Å². The number of likely N-dealkylation sites (tertiary alicyclic amines) is 1. The van der Waals surface area contributed by atoms with Crippen molar-refractivity contribution in [1.82, 2.24) is 10.2 Å². The number of hydrogen-bond donors (Lipinski definition) is 2. The van der Waals surface area contributed by atoms with E-state index in [0.29, 0.717) is 58.8 Å². The Morgan fingerprint density at radius 3 is 2.51 bits per heavy atom. The van der Waals surface area contributed by atoms with Gasteiger partial charge in [-0.1, -0.05) is 27.2 Å². The van der Waals surface area contributed by atoms with Crippen LogP contribution in [-0.4, -0.2) is 61.4 Å². The fourth-order valence-electron chi connectivity index (χ4n) is 10.6. The largest absolute Gasteiger partial charge is 0.469 e. The van der Waals surface area contributed by atoms with Gasteiger partial charge in [0.25, 0.3) is 0 Å². The van der Waals surface area contributed by atoms with Crippen LogP contribution < -0.4 is 5.32 Å². The van der Waals surface area contributed by atoms with Gasteiger partial charge in [0.05, 0.1) is 13.2 Å². The molecule has 0 spiro atoms. The summed E-state index contributed by atoms with van der Waals surface area (Å²) >= 11 is 0. The summed E-state index contributed by atoms with van der Waals surface area (Å²) in [6.07, 6.45) is 15.5. The standard InChI is InChI=1S/C32H56N2O3/c1-22(8-11-29(36)37-4)25-9-10-26-30-27(13-15-32(25,26)3)31(2)14-12-24(20-23(31)21-28(30)35)33-16-19-34-17-6-5-7-18-34/h22-28,30,33,35H,5-21H2,1-4H3/t22-,23-,24+,25-,26?,27?,28-,30?,31+,32-/m1/s1. The molecule has 0 radical (unpaired) electrons. The number of methoxy groups -OCH3 is 1. The molecule has 212 valence electrons. The van der Waals surface area contributed by atoms with Crippen LogP contribution in [0.1, 0.15) is 104 Å². The number of ether oxygens (including phenoxy) is 1. The van der Waals surface area contributed by atoms with E-state index in [1.807, 2.05) is 0 Å². The lowest BCUT2D eigenvalue weighted by atomic mass is 9.43. The maximum absolute atomic E-state index is 11.8. The highest BCUT2D eigenvalue weighted by Gasteiger charge is 2.62. The molecule has 1 aliphatic heterocycles. The second-order valence-electron chi connectivity index (χ2n) is 14.4. The number of carbonyl (C=O) groups is 1. The number of aliphatic hydroxyl groups is 1. The number of aliphatic hydroxyl groups excluding tert-OH is 1. The summed E-state index contributed by atoms with van der Waals surface area (Å²) in [6.45, 7) is 12.4. The van der Waals surface area contributed by atoms with Crippen molar-refractivity contribution in [2.24, 2.45) is 46.3 Å². The van der Waals surface area contributed by atoms with Crippen molar-refractivity contribution in [2.75, 3.05) is 33.3 Å². The van der Waals surface area contributed by atoms with Crippen LogP contribution in [0.4, 0.5) is 0 Å². The van der Waals surface area contributed by atoms with E-state index in [9.17, 15) is 9.90 Å². The van der Waals surface area contributed by atoms with Crippen LogP contribution in [0.25, 0.3) is 0 Å². The number of carbonyl (C=O) groups excluding carboxylic acids is 1. The van der Waals surface area contributed by atoms with E-state index >= 15 is 0 Å². The first kappa shape index (κ1) is 27.9. The van der Waals surface area contributed by atoms with E-state index in [1.165, 1.54) is 91.0 Å². The third kappa shape index (κ3) is 5.40. The molecule has 1 saturated heterocycles. The molecule has 37 heavy (non-hydrogen) atoms. The number of rotatable bonds is 8. The zero-order valence-corrected chi connectivity index (χ0v) is 24.4. The van der Waals surface area contributed by atoms with Gasteiger partial charge in [-0.05, 0) is 130 Å². The molecule has 5 rings (SSSR count). The van der Waals surface area contributed by atoms with Crippen LogP contribution in [-0.2, 0) is 9.53 Å². The number of nitrogens with one attached hydrogen (secondary N) is 1. The first-order valence-electron chi connectivity index (χ1n) is 16.0. The summed E-state index contributed by atoms with van der Waals surface area (Å²) in [7, 11) is 1.50. The first-order chi connectivity index (χ1) is 17.8. The van der Waals surface area contributed by atoms with E-state index in [0.717, 1.165) is 19.4 Å². The van der Waals surface area contributed by atoms with Crippen molar-refractivity contribution in [3.05, 3.63) is 0 Å². The van der Waals surface area contributed by atoms with Crippen molar-refractivity contribution >= 4 is 5.97 Å². The Balaban J connectivity index is 1.20. The summed E-state index contributed by atoms with van der Waals surface area (Å²) < 4.78 is 4.92. The zero-order chi connectivity index (χ0) is 26.2. The van der Waals surface area contributed by atoms with Gasteiger partial charge in [-0.25, -0.2) is 0 Å². The van der Waals surface area contributed by atoms with Gasteiger partial charge in [0.15, 0.2) is 0 Å². The lowest BCUT2D eigenvalue weighted by Crippen LogP contribution is -2.59. The predicted molar refractivity (Wildman–Crippen MR) is 149 cm³/mol. The van der Waals surface area contributed by atoms with Gasteiger partial charge in [-0.15, -0.1) is 0 Å². The van der Waals surface area contributed by atoms with Crippen molar-refractivity contribution in [3.63, 3.8) is 0 Å². The fraction of sp³-hybridized carbons (Fsp3) is 0.969. The van der Waals surface area contributed by atoms with Crippen LogP contribution in [0.3, 0.4) is 0 Å². The van der Waals surface area contributed by atoms with Crippen molar-refractivity contribution in [2.45, 2.75) is 116 Å². The number of esters is 1. The molecule has 5 nitrogen and oxygen atoms in total. The highest BCUT2D eigenvalue weighted by Crippen LogP contribution is 2.68. The molecule has 10 atom stereocenters. The normalized spacial score (nSPS) is 44.9. The van der Waals surface area contributed by atoms with Crippen molar-refractivity contribution in [3.8, 4) is 0 Å². The van der Waals surface area contributed by atoms with E-state index in [2.05, 4.69) is 31.0 Å². The van der Waals surface area contributed by atoms with E-state index in [-0.39, 0.29) is 12.1 Å². The molecule has 5 fully saturated rings.